The van der Waals surface area contributed by atoms with E-state index in [1.165, 1.54) is 0 Å². The van der Waals surface area contributed by atoms with E-state index in [0.29, 0.717) is 22.6 Å². The number of imidazole rings is 1. The van der Waals surface area contributed by atoms with Crippen molar-refractivity contribution in [2.24, 2.45) is 7.05 Å². The summed E-state index contributed by atoms with van der Waals surface area (Å²) in [6.45, 7) is 3.51. The minimum absolute atomic E-state index is 0.268. The summed E-state index contributed by atoms with van der Waals surface area (Å²) in [5.41, 5.74) is 3.43. The van der Waals surface area contributed by atoms with Gasteiger partial charge in [-0.05, 0) is 55.3 Å². The molecular formula is C17H19N3O3S. The average molecular weight is 345 g/mol. The first-order valence-corrected chi connectivity index (χ1v) is 8.89. The van der Waals surface area contributed by atoms with Gasteiger partial charge in [0.2, 0.25) is 0 Å². The van der Waals surface area contributed by atoms with Crippen LogP contribution in [-0.2, 0) is 17.1 Å². The summed E-state index contributed by atoms with van der Waals surface area (Å²) >= 11 is 0. The summed E-state index contributed by atoms with van der Waals surface area (Å²) in [6, 6.07) is 8.72. The van der Waals surface area contributed by atoms with Crippen LogP contribution >= 0.6 is 0 Å². The lowest BCUT2D eigenvalue weighted by Crippen LogP contribution is -2.15. The molecule has 0 fully saturated rings. The largest absolute Gasteiger partial charge is 0.497 e. The summed E-state index contributed by atoms with van der Waals surface area (Å²) in [6.07, 6.45) is 1.70. The van der Waals surface area contributed by atoms with Crippen molar-refractivity contribution in [1.82, 2.24) is 9.55 Å². The molecule has 0 aliphatic rings. The maximum atomic E-state index is 12.8. The van der Waals surface area contributed by atoms with Crippen LogP contribution in [0.15, 0.2) is 41.6 Å². The molecule has 6 nitrogen and oxygen atoms in total. The molecule has 1 N–H and O–H groups in total. The second kappa shape index (κ2) is 5.83. The van der Waals surface area contributed by atoms with Gasteiger partial charge < -0.3 is 9.30 Å². The highest BCUT2D eigenvalue weighted by molar-refractivity contribution is 7.92. The van der Waals surface area contributed by atoms with E-state index in [4.69, 9.17) is 4.74 Å². The molecule has 0 amide bonds. The molecule has 0 aliphatic carbocycles. The Balaban J connectivity index is 2.01. The number of benzene rings is 2. The van der Waals surface area contributed by atoms with Crippen LogP contribution < -0.4 is 9.46 Å². The van der Waals surface area contributed by atoms with Crippen molar-refractivity contribution < 1.29 is 13.2 Å². The second-order valence-corrected chi connectivity index (χ2v) is 7.37. The first-order valence-electron chi connectivity index (χ1n) is 7.41. The van der Waals surface area contributed by atoms with Gasteiger partial charge in [-0.1, -0.05) is 0 Å². The van der Waals surface area contributed by atoms with Crippen LogP contribution in [0.25, 0.3) is 11.0 Å². The van der Waals surface area contributed by atoms with Crippen LogP contribution in [0.3, 0.4) is 0 Å². The lowest BCUT2D eigenvalue weighted by Gasteiger charge is -2.14. The van der Waals surface area contributed by atoms with Crippen LogP contribution in [0.4, 0.5) is 5.69 Å². The van der Waals surface area contributed by atoms with Gasteiger partial charge in [-0.3, -0.25) is 4.72 Å². The number of sulfonamides is 1. The van der Waals surface area contributed by atoms with Crippen molar-refractivity contribution >= 4 is 26.7 Å². The van der Waals surface area contributed by atoms with Gasteiger partial charge >= 0.3 is 0 Å². The van der Waals surface area contributed by atoms with Gasteiger partial charge in [-0.25, -0.2) is 13.4 Å². The number of aromatic nitrogens is 2. The second-order valence-electron chi connectivity index (χ2n) is 5.75. The monoisotopic (exact) mass is 345 g/mol. The number of nitrogens with zero attached hydrogens (tertiary/aromatic N) is 2. The molecule has 3 rings (SSSR count). The zero-order chi connectivity index (χ0) is 17.5. The summed E-state index contributed by atoms with van der Waals surface area (Å²) in [4.78, 5) is 4.52. The molecule has 0 aliphatic heterocycles. The van der Waals surface area contributed by atoms with E-state index in [9.17, 15) is 8.42 Å². The van der Waals surface area contributed by atoms with Crippen LogP contribution in [0.5, 0.6) is 5.75 Å². The van der Waals surface area contributed by atoms with E-state index >= 15 is 0 Å². The number of methoxy groups -OCH3 is 1. The van der Waals surface area contributed by atoms with Crippen molar-refractivity contribution in [3.05, 3.63) is 47.8 Å². The summed E-state index contributed by atoms with van der Waals surface area (Å²) in [7, 11) is -0.251. The number of nitrogens with one attached hydrogen (secondary N) is 1. The Labute approximate surface area is 141 Å². The Morgan fingerprint density at radius 2 is 1.79 bits per heavy atom. The van der Waals surface area contributed by atoms with Crippen molar-refractivity contribution in [2.45, 2.75) is 18.7 Å². The molecule has 0 unspecified atom stereocenters. The van der Waals surface area contributed by atoms with E-state index in [-0.39, 0.29) is 4.90 Å². The minimum Gasteiger partial charge on any atom is -0.497 e. The van der Waals surface area contributed by atoms with Gasteiger partial charge in [0.15, 0.2) is 0 Å². The molecule has 126 valence electrons. The predicted octanol–water partition coefficient (Wildman–Crippen LogP) is 3.00. The molecular weight excluding hydrogens is 326 g/mol. The Bertz CT molecular complexity index is 1000. The lowest BCUT2D eigenvalue weighted by molar-refractivity contribution is 0.413. The zero-order valence-electron chi connectivity index (χ0n) is 14.0. The standard InChI is InChI=1S/C17H19N3O3S/c1-11-7-14(23-4)8-12(2)17(11)24(21,22)19-13-5-6-16-15(9-13)18-10-20(16)3/h5-10,19H,1-4H3. The fourth-order valence-electron chi connectivity index (χ4n) is 2.86. The van der Waals surface area contributed by atoms with E-state index < -0.39 is 10.0 Å². The number of fused-ring (bicyclic) bond motifs is 1. The van der Waals surface area contributed by atoms with E-state index in [1.807, 2.05) is 17.7 Å². The Morgan fingerprint density at radius 1 is 1.12 bits per heavy atom. The smallest absolute Gasteiger partial charge is 0.262 e. The first-order chi connectivity index (χ1) is 11.3. The molecule has 0 saturated carbocycles. The van der Waals surface area contributed by atoms with Gasteiger partial charge in [0.1, 0.15) is 5.75 Å². The quantitative estimate of drug-likeness (QED) is 0.789. The molecule has 0 atom stereocenters. The number of hydrogen-bond acceptors (Lipinski definition) is 4. The number of rotatable bonds is 4. The van der Waals surface area contributed by atoms with Crippen LogP contribution in [0, 0.1) is 13.8 Å². The molecule has 0 saturated heterocycles. The predicted molar refractivity (Wildman–Crippen MR) is 94.0 cm³/mol. The van der Waals surface area contributed by atoms with Gasteiger partial charge in [-0.2, -0.15) is 0 Å². The van der Waals surface area contributed by atoms with Gasteiger partial charge in [-0.15, -0.1) is 0 Å². The highest BCUT2D eigenvalue weighted by Gasteiger charge is 2.21. The van der Waals surface area contributed by atoms with E-state index in [1.54, 1.807) is 51.6 Å². The summed E-state index contributed by atoms with van der Waals surface area (Å²) in [5.74, 6) is 0.638. The third-order valence-electron chi connectivity index (χ3n) is 3.92. The van der Waals surface area contributed by atoms with Crippen molar-refractivity contribution in [2.75, 3.05) is 11.8 Å². The Hall–Kier alpha value is -2.54. The molecule has 0 bridgehead atoms. The van der Waals surface area contributed by atoms with Crippen molar-refractivity contribution in [3.8, 4) is 5.75 Å². The normalized spacial score (nSPS) is 11.7. The topological polar surface area (TPSA) is 73.2 Å². The summed E-state index contributed by atoms with van der Waals surface area (Å²) < 4.78 is 35.3. The molecule has 2 aromatic carbocycles. The fraction of sp³-hybridized carbons (Fsp3) is 0.235. The maximum absolute atomic E-state index is 12.8. The number of aryl methyl sites for hydroxylation is 3. The molecule has 1 aromatic heterocycles. The van der Waals surface area contributed by atoms with Crippen LogP contribution in [-0.4, -0.2) is 25.1 Å². The zero-order valence-corrected chi connectivity index (χ0v) is 14.8. The lowest BCUT2D eigenvalue weighted by atomic mass is 10.1. The molecule has 7 heteroatoms. The molecule has 3 aromatic rings. The van der Waals surface area contributed by atoms with Gasteiger partial charge in [0.25, 0.3) is 10.0 Å². The molecule has 0 radical (unpaired) electrons. The van der Waals surface area contributed by atoms with Crippen LogP contribution in [0.1, 0.15) is 11.1 Å². The van der Waals surface area contributed by atoms with Crippen LogP contribution in [0.2, 0.25) is 0 Å². The molecule has 24 heavy (non-hydrogen) atoms. The number of hydrogen-bond donors (Lipinski definition) is 1. The number of ether oxygens (including phenoxy) is 1. The fourth-order valence-corrected chi connectivity index (χ4v) is 4.36. The molecule has 1 heterocycles. The minimum atomic E-state index is -3.70. The van der Waals surface area contributed by atoms with E-state index in [2.05, 4.69) is 9.71 Å². The third kappa shape index (κ3) is 2.82. The van der Waals surface area contributed by atoms with Crippen molar-refractivity contribution in [1.29, 1.82) is 0 Å². The molecule has 0 spiro atoms. The highest BCUT2D eigenvalue weighted by atomic mass is 32.2. The van der Waals surface area contributed by atoms with E-state index in [0.717, 1.165) is 11.0 Å². The average Bonchev–Trinajstić information content (AvgIpc) is 2.86. The number of anilines is 1. The van der Waals surface area contributed by atoms with Crippen molar-refractivity contribution in [3.63, 3.8) is 0 Å². The SMILES string of the molecule is COc1cc(C)c(S(=O)(=O)Nc2ccc3c(c2)ncn3C)c(C)c1. The Morgan fingerprint density at radius 3 is 2.42 bits per heavy atom. The summed E-state index contributed by atoms with van der Waals surface area (Å²) in [5, 5.41) is 0. The Kier molecular flexibility index (Phi) is 3.96. The maximum Gasteiger partial charge on any atom is 0.262 e. The third-order valence-corrected chi connectivity index (χ3v) is 5.60. The highest BCUT2D eigenvalue weighted by Crippen LogP contribution is 2.28. The van der Waals surface area contributed by atoms with Gasteiger partial charge in [0.05, 0.1) is 35.1 Å². The van der Waals surface area contributed by atoms with Gasteiger partial charge in [0, 0.05) is 7.05 Å². The first kappa shape index (κ1) is 16.3.